The number of rotatable bonds is 4. The molecule has 0 fully saturated rings. The standard InChI is InChI=1S/C19H17N3O2S/c1-2-13-12-21-17-9-8-15(11-16(13)17)22-25(23,24)18-7-3-5-14-6-4-10-20-19(14)18/h3-12,21-22H,2H2,1H3. The minimum Gasteiger partial charge on any atom is -0.361 e. The van der Waals surface area contributed by atoms with Gasteiger partial charge in [0, 0.05) is 34.4 Å². The van der Waals surface area contributed by atoms with Crippen molar-refractivity contribution in [2.24, 2.45) is 0 Å². The van der Waals surface area contributed by atoms with Gasteiger partial charge in [-0.1, -0.05) is 25.1 Å². The zero-order valence-electron chi connectivity index (χ0n) is 13.7. The lowest BCUT2D eigenvalue weighted by molar-refractivity contribution is 0.602. The number of benzene rings is 2. The van der Waals surface area contributed by atoms with Crippen LogP contribution in [0.2, 0.25) is 0 Å². The fourth-order valence-corrected chi connectivity index (χ4v) is 4.27. The van der Waals surface area contributed by atoms with Gasteiger partial charge in [-0.05, 0) is 42.3 Å². The third-order valence-corrected chi connectivity index (χ3v) is 5.70. The molecule has 0 radical (unpaired) electrons. The van der Waals surface area contributed by atoms with Crippen LogP contribution in [0.5, 0.6) is 0 Å². The molecule has 0 aliphatic heterocycles. The van der Waals surface area contributed by atoms with Crippen LogP contribution >= 0.6 is 0 Å². The molecule has 0 unspecified atom stereocenters. The minimum absolute atomic E-state index is 0.176. The van der Waals surface area contributed by atoms with Crippen molar-refractivity contribution in [3.8, 4) is 0 Å². The average molecular weight is 351 g/mol. The first-order valence-electron chi connectivity index (χ1n) is 8.05. The Kier molecular flexibility index (Phi) is 3.69. The monoisotopic (exact) mass is 351 g/mol. The first kappa shape index (κ1) is 15.7. The van der Waals surface area contributed by atoms with Gasteiger partial charge in [0.25, 0.3) is 10.0 Å². The molecule has 2 heterocycles. The molecule has 2 aromatic heterocycles. The molecule has 0 atom stereocenters. The van der Waals surface area contributed by atoms with E-state index in [1.807, 2.05) is 30.5 Å². The average Bonchev–Trinajstić information content (AvgIpc) is 3.03. The highest BCUT2D eigenvalue weighted by Crippen LogP contribution is 2.26. The number of pyridine rings is 1. The van der Waals surface area contributed by atoms with E-state index in [2.05, 4.69) is 21.6 Å². The van der Waals surface area contributed by atoms with Gasteiger partial charge in [-0.2, -0.15) is 0 Å². The maximum absolute atomic E-state index is 12.9. The quantitative estimate of drug-likeness (QED) is 0.582. The fraction of sp³-hybridized carbons (Fsp3) is 0.105. The Labute approximate surface area is 145 Å². The van der Waals surface area contributed by atoms with Gasteiger partial charge in [0.2, 0.25) is 0 Å². The van der Waals surface area contributed by atoms with E-state index >= 15 is 0 Å². The summed E-state index contributed by atoms with van der Waals surface area (Å²) < 4.78 is 28.4. The lowest BCUT2D eigenvalue weighted by Gasteiger charge is -2.10. The van der Waals surface area contributed by atoms with E-state index in [1.165, 1.54) is 0 Å². The van der Waals surface area contributed by atoms with Crippen LogP contribution < -0.4 is 4.72 Å². The molecule has 5 nitrogen and oxygen atoms in total. The fourth-order valence-electron chi connectivity index (χ4n) is 3.04. The largest absolute Gasteiger partial charge is 0.361 e. The molecular weight excluding hydrogens is 334 g/mol. The lowest BCUT2D eigenvalue weighted by atomic mass is 10.1. The predicted molar refractivity (Wildman–Crippen MR) is 100 cm³/mol. The summed E-state index contributed by atoms with van der Waals surface area (Å²) in [5, 5.41) is 1.82. The molecule has 25 heavy (non-hydrogen) atoms. The van der Waals surface area contributed by atoms with E-state index in [0.717, 1.165) is 28.3 Å². The Morgan fingerprint density at radius 2 is 1.96 bits per heavy atom. The van der Waals surface area contributed by atoms with Crippen molar-refractivity contribution in [1.82, 2.24) is 9.97 Å². The summed E-state index contributed by atoms with van der Waals surface area (Å²) in [5.41, 5.74) is 3.15. The zero-order valence-corrected chi connectivity index (χ0v) is 14.5. The zero-order chi connectivity index (χ0) is 17.4. The molecule has 0 saturated heterocycles. The van der Waals surface area contributed by atoms with Gasteiger partial charge in [0.1, 0.15) is 4.90 Å². The van der Waals surface area contributed by atoms with E-state index in [9.17, 15) is 8.42 Å². The molecule has 2 N–H and O–H groups in total. The summed E-state index contributed by atoms with van der Waals surface area (Å²) in [6.45, 7) is 2.07. The van der Waals surface area contributed by atoms with Crippen molar-refractivity contribution in [3.63, 3.8) is 0 Å². The predicted octanol–water partition coefficient (Wildman–Crippen LogP) is 4.08. The smallest absolute Gasteiger partial charge is 0.264 e. The number of para-hydroxylation sites is 1. The molecule has 4 aromatic rings. The Morgan fingerprint density at radius 3 is 2.80 bits per heavy atom. The first-order chi connectivity index (χ1) is 12.1. The van der Waals surface area contributed by atoms with Gasteiger partial charge in [0.05, 0.1) is 5.52 Å². The number of nitrogens with zero attached hydrogens (tertiary/aromatic N) is 1. The molecule has 0 aliphatic rings. The first-order valence-corrected chi connectivity index (χ1v) is 9.53. The van der Waals surface area contributed by atoms with Crippen molar-refractivity contribution in [3.05, 3.63) is 66.5 Å². The molecule has 2 aromatic carbocycles. The molecule has 0 aliphatic carbocycles. The van der Waals surface area contributed by atoms with Crippen molar-refractivity contribution in [1.29, 1.82) is 0 Å². The van der Waals surface area contributed by atoms with Crippen LogP contribution in [0, 0.1) is 0 Å². The van der Waals surface area contributed by atoms with Gasteiger partial charge in [-0.25, -0.2) is 8.42 Å². The number of hydrogen-bond acceptors (Lipinski definition) is 3. The Bertz CT molecular complexity index is 1170. The van der Waals surface area contributed by atoms with Crippen LogP contribution in [-0.2, 0) is 16.4 Å². The highest BCUT2D eigenvalue weighted by molar-refractivity contribution is 7.93. The van der Waals surface area contributed by atoms with Gasteiger partial charge in [-0.3, -0.25) is 9.71 Å². The topological polar surface area (TPSA) is 74.8 Å². The highest BCUT2D eigenvalue weighted by atomic mass is 32.2. The van der Waals surface area contributed by atoms with E-state index < -0.39 is 10.0 Å². The van der Waals surface area contributed by atoms with Gasteiger partial charge in [-0.15, -0.1) is 0 Å². The lowest BCUT2D eigenvalue weighted by Crippen LogP contribution is -2.13. The molecule has 0 amide bonds. The number of H-pyrrole nitrogens is 1. The van der Waals surface area contributed by atoms with Gasteiger partial charge < -0.3 is 4.98 Å². The molecule has 0 saturated carbocycles. The number of aromatic nitrogens is 2. The number of aromatic amines is 1. The van der Waals surface area contributed by atoms with Gasteiger partial charge in [0.15, 0.2) is 0 Å². The van der Waals surface area contributed by atoms with Crippen molar-refractivity contribution in [2.75, 3.05) is 4.72 Å². The number of sulfonamides is 1. The van der Waals surface area contributed by atoms with Crippen molar-refractivity contribution >= 4 is 37.5 Å². The van der Waals surface area contributed by atoms with Crippen molar-refractivity contribution < 1.29 is 8.42 Å². The molecule has 0 spiro atoms. The number of hydrogen-bond donors (Lipinski definition) is 2. The summed E-state index contributed by atoms with van der Waals surface area (Å²) in [7, 11) is -3.73. The van der Waals surface area contributed by atoms with Gasteiger partial charge >= 0.3 is 0 Å². The van der Waals surface area contributed by atoms with Crippen LogP contribution in [0.25, 0.3) is 21.8 Å². The normalized spacial score (nSPS) is 11.9. The molecule has 4 rings (SSSR count). The molecule has 0 bridgehead atoms. The number of aryl methyl sites for hydroxylation is 1. The van der Waals surface area contributed by atoms with E-state index in [4.69, 9.17) is 0 Å². The third-order valence-electron chi connectivity index (χ3n) is 4.29. The number of nitrogens with one attached hydrogen (secondary N) is 2. The van der Waals surface area contributed by atoms with E-state index in [1.54, 1.807) is 30.5 Å². The van der Waals surface area contributed by atoms with Crippen LogP contribution in [-0.4, -0.2) is 18.4 Å². The third kappa shape index (κ3) is 2.74. The summed E-state index contributed by atoms with van der Waals surface area (Å²) >= 11 is 0. The molecule has 126 valence electrons. The maximum atomic E-state index is 12.9. The van der Waals surface area contributed by atoms with E-state index in [0.29, 0.717) is 11.2 Å². The summed E-state index contributed by atoms with van der Waals surface area (Å²) in [4.78, 5) is 7.61. The van der Waals surface area contributed by atoms with Crippen molar-refractivity contribution in [2.45, 2.75) is 18.2 Å². The van der Waals surface area contributed by atoms with E-state index in [-0.39, 0.29) is 4.90 Å². The Morgan fingerprint density at radius 1 is 1.12 bits per heavy atom. The second-order valence-corrected chi connectivity index (χ2v) is 7.52. The van der Waals surface area contributed by atoms with Crippen LogP contribution in [0.15, 0.2) is 65.8 Å². The Balaban J connectivity index is 1.78. The highest BCUT2D eigenvalue weighted by Gasteiger charge is 2.18. The SMILES string of the molecule is CCc1c[nH]c2ccc(NS(=O)(=O)c3cccc4cccnc34)cc12. The van der Waals surface area contributed by atoms with Crippen LogP contribution in [0.4, 0.5) is 5.69 Å². The number of anilines is 1. The molecule has 6 heteroatoms. The van der Waals surface area contributed by atoms with Crippen LogP contribution in [0.3, 0.4) is 0 Å². The molecular formula is C19H17N3O2S. The Hall–Kier alpha value is -2.86. The minimum atomic E-state index is -3.73. The second kappa shape index (κ2) is 5.89. The van der Waals surface area contributed by atoms with Crippen LogP contribution in [0.1, 0.15) is 12.5 Å². The summed E-state index contributed by atoms with van der Waals surface area (Å²) in [5.74, 6) is 0. The maximum Gasteiger partial charge on any atom is 0.264 e. The second-order valence-electron chi connectivity index (χ2n) is 5.86. The summed E-state index contributed by atoms with van der Waals surface area (Å²) in [6.07, 6.45) is 4.43. The number of fused-ring (bicyclic) bond motifs is 2. The summed E-state index contributed by atoms with van der Waals surface area (Å²) in [6, 6.07) is 14.3.